The second kappa shape index (κ2) is 4.49. The number of hydrogen-bond acceptors (Lipinski definition) is 4. The van der Waals surface area contributed by atoms with Crippen LogP contribution in [-0.2, 0) is 0 Å². The van der Waals surface area contributed by atoms with Crippen LogP contribution in [0.15, 0.2) is 18.3 Å². The van der Waals surface area contributed by atoms with E-state index in [0.717, 1.165) is 18.1 Å². The summed E-state index contributed by atoms with van der Waals surface area (Å²) < 4.78 is 0. The highest BCUT2D eigenvalue weighted by Gasteiger charge is 2.18. The third kappa shape index (κ3) is 2.59. The maximum absolute atomic E-state index is 4.19. The third-order valence-electron chi connectivity index (χ3n) is 2.78. The molecule has 0 radical (unpaired) electrons. The Bertz CT molecular complexity index is 326. The summed E-state index contributed by atoms with van der Waals surface area (Å²) in [5, 5.41) is 6.56. The van der Waals surface area contributed by atoms with Crippen molar-refractivity contribution in [3.8, 4) is 0 Å². The van der Waals surface area contributed by atoms with Gasteiger partial charge < -0.3 is 15.5 Å². The fourth-order valence-electron chi connectivity index (χ4n) is 1.95. The lowest BCUT2D eigenvalue weighted by Crippen LogP contribution is -2.23. The van der Waals surface area contributed by atoms with E-state index >= 15 is 0 Å². The lowest BCUT2D eigenvalue weighted by atomic mass is 10.2. The summed E-state index contributed by atoms with van der Waals surface area (Å²) in [6, 6.07) is 4.62. The van der Waals surface area contributed by atoms with Crippen LogP contribution in [0.2, 0.25) is 0 Å². The Hall–Kier alpha value is -1.29. The summed E-state index contributed by atoms with van der Waals surface area (Å²) in [6.07, 6.45) is 3.04. The van der Waals surface area contributed by atoms with Crippen molar-refractivity contribution in [1.29, 1.82) is 0 Å². The lowest BCUT2D eigenvalue weighted by Gasteiger charge is -2.14. The van der Waals surface area contributed by atoms with Crippen molar-refractivity contribution < 1.29 is 0 Å². The van der Waals surface area contributed by atoms with Crippen molar-refractivity contribution >= 4 is 11.5 Å². The van der Waals surface area contributed by atoms with Gasteiger partial charge in [-0.15, -0.1) is 0 Å². The topological polar surface area (TPSA) is 40.2 Å². The predicted molar refractivity (Wildman–Crippen MR) is 63.3 cm³/mol. The second-order valence-corrected chi connectivity index (χ2v) is 4.07. The summed E-state index contributed by atoms with van der Waals surface area (Å²) in [4.78, 5) is 6.53. The van der Waals surface area contributed by atoms with Crippen LogP contribution in [0.1, 0.15) is 6.42 Å². The van der Waals surface area contributed by atoms with Crippen LogP contribution in [0.4, 0.5) is 11.5 Å². The van der Waals surface area contributed by atoms with Gasteiger partial charge in [0.1, 0.15) is 5.82 Å². The minimum Gasteiger partial charge on any atom is -0.381 e. The number of pyridine rings is 1. The fraction of sp³-hybridized carbons (Fsp3) is 0.545. The summed E-state index contributed by atoms with van der Waals surface area (Å²) in [7, 11) is 4.04. The van der Waals surface area contributed by atoms with Crippen LogP contribution in [0.25, 0.3) is 0 Å². The minimum absolute atomic E-state index is 0.571. The summed E-state index contributed by atoms with van der Waals surface area (Å²) in [6.45, 7) is 2.30. The van der Waals surface area contributed by atoms with E-state index in [1.165, 1.54) is 13.0 Å². The maximum atomic E-state index is 4.19. The summed E-state index contributed by atoms with van der Waals surface area (Å²) in [5.74, 6) is 0.909. The Morgan fingerprint density at radius 2 is 2.40 bits per heavy atom. The van der Waals surface area contributed by atoms with Gasteiger partial charge >= 0.3 is 0 Å². The predicted octanol–water partition coefficient (Wildman–Crippen LogP) is 1.24. The maximum Gasteiger partial charge on any atom is 0.127 e. The molecule has 1 aliphatic heterocycles. The molecule has 1 saturated heterocycles. The van der Waals surface area contributed by atoms with Gasteiger partial charge in [0.05, 0.1) is 0 Å². The lowest BCUT2D eigenvalue weighted by molar-refractivity contribution is 0.414. The van der Waals surface area contributed by atoms with Crippen LogP contribution in [-0.4, -0.2) is 43.1 Å². The number of likely N-dealkylation sites (N-methyl/N-ethyl adjacent to an activating group) is 1. The number of anilines is 2. The van der Waals surface area contributed by atoms with Crippen molar-refractivity contribution in [3.63, 3.8) is 0 Å². The molecule has 82 valence electrons. The number of aromatic nitrogens is 1. The highest BCUT2D eigenvalue weighted by molar-refractivity contribution is 5.52. The first-order valence-corrected chi connectivity index (χ1v) is 5.37. The minimum atomic E-state index is 0.571. The molecule has 2 N–H and O–H groups in total. The molecule has 1 atom stereocenters. The first kappa shape index (κ1) is 10.2. The zero-order valence-corrected chi connectivity index (χ0v) is 9.33. The molecule has 15 heavy (non-hydrogen) atoms. The van der Waals surface area contributed by atoms with Gasteiger partial charge in [-0.25, -0.2) is 4.98 Å². The van der Waals surface area contributed by atoms with E-state index in [0.29, 0.717) is 6.04 Å². The second-order valence-electron chi connectivity index (χ2n) is 4.07. The molecule has 0 amide bonds. The molecule has 0 aromatic carbocycles. The van der Waals surface area contributed by atoms with E-state index in [1.54, 1.807) is 0 Å². The van der Waals surface area contributed by atoms with Gasteiger partial charge in [0.15, 0.2) is 0 Å². The Morgan fingerprint density at radius 3 is 3.07 bits per heavy atom. The van der Waals surface area contributed by atoms with E-state index in [1.807, 2.05) is 25.4 Å². The SMILES string of the molecule is CNc1cc(NC2CCN(C)C2)ccn1. The molecule has 2 heterocycles. The quantitative estimate of drug-likeness (QED) is 0.780. The standard InChI is InChI=1S/C11H18N4/c1-12-11-7-9(3-5-13-11)14-10-4-6-15(2)8-10/h3,5,7,10H,4,6,8H2,1-2H3,(H2,12,13,14). The zero-order valence-electron chi connectivity index (χ0n) is 9.33. The molecule has 1 unspecified atom stereocenters. The number of nitrogens with one attached hydrogen (secondary N) is 2. The first-order chi connectivity index (χ1) is 7.28. The Balaban J connectivity index is 1.98. The molecule has 2 rings (SSSR count). The van der Waals surface area contributed by atoms with Gasteiger partial charge in [0, 0.05) is 37.6 Å². The van der Waals surface area contributed by atoms with E-state index in [2.05, 4.69) is 27.6 Å². The van der Waals surface area contributed by atoms with Crippen molar-refractivity contribution in [2.75, 3.05) is 37.8 Å². The van der Waals surface area contributed by atoms with E-state index in [-0.39, 0.29) is 0 Å². The smallest absolute Gasteiger partial charge is 0.127 e. The molecule has 1 aliphatic rings. The average molecular weight is 206 g/mol. The highest BCUT2D eigenvalue weighted by atomic mass is 15.2. The largest absolute Gasteiger partial charge is 0.381 e. The van der Waals surface area contributed by atoms with E-state index < -0.39 is 0 Å². The first-order valence-electron chi connectivity index (χ1n) is 5.37. The van der Waals surface area contributed by atoms with Gasteiger partial charge in [-0.1, -0.05) is 0 Å². The zero-order chi connectivity index (χ0) is 10.7. The van der Waals surface area contributed by atoms with Gasteiger partial charge in [0.2, 0.25) is 0 Å². The molecule has 0 spiro atoms. The number of nitrogens with zero attached hydrogens (tertiary/aromatic N) is 2. The molecule has 0 bridgehead atoms. The van der Waals surface area contributed by atoms with Crippen LogP contribution in [0, 0.1) is 0 Å². The summed E-state index contributed by atoms with van der Waals surface area (Å²) >= 11 is 0. The van der Waals surface area contributed by atoms with Crippen LogP contribution in [0.3, 0.4) is 0 Å². The number of rotatable bonds is 3. The molecular formula is C11H18N4. The van der Waals surface area contributed by atoms with Crippen LogP contribution < -0.4 is 10.6 Å². The molecule has 1 aromatic rings. The van der Waals surface area contributed by atoms with Gasteiger partial charge in [-0.2, -0.15) is 0 Å². The van der Waals surface area contributed by atoms with Gasteiger partial charge in [-0.3, -0.25) is 0 Å². The van der Waals surface area contributed by atoms with Crippen LogP contribution >= 0.6 is 0 Å². The fourth-order valence-corrected chi connectivity index (χ4v) is 1.95. The molecule has 1 fully saturated rings. The van der Waals surface area contributed by atoms with Crippen molar-refractivity contribution in [2.24, 2.45) is 0 Å². The third-order valence-corrected chi connectivity index (χ3v) is 2.78. The molecule has 1 aromatic heterocycles. The Labute approximate surface area is 90.7 Å². The van der Waals surface area contributed by atoms with Crippen molar-refractivity contribution in [1.82, 2.24) is 9.88 Å². The monoisotopic (exact) mass is 206 g/mol. The van der Waals surface area contributed by atoms with Crippen LogP contribution in [0.5, 0.6) is 0 Å². The highest BCUT2D eigenvalue weighted by Crippen LogP contribution is 2.16. The Kier molecular flexibility index (Phi) is 3.06. The van der Waals surface area contributed by atoms with E-state index in [9.17, 15) is 0 Å². The summed E-state index contributed by atoms with van der Waals surface area (Å²) in [5.41, 5.74) is 1.15. The molecule has 0 saturated carbocycles. The van der Waals surface area contributed by atoms with Crippen molar-refractivity contribution in [2.45, 2.75) is 12.5 Å². The average Bonchev–Trinajstić information content (AvgIpc) is 2.64. The van der Waals surface area contributed by atoms with Gasteiger partial charge in [0.25, 0.3) is 0 Å². The number of likely N-dealkylation sites (tertiary alicyclic amines) is 1. The Morgan fingerprint density at radius 1 is 1.53 bits per heavy atom. The van der Waals surface area contributed by atoms with E-state index in [4.69, 9.17) is 0 Å². The normalized spacial score (nSPS) is 21.6. The molecule has 4 heteroatoms. The molecular weight excluding hydrogens is 188 g/mol. The van der Waals surface area contributed by atoms with Crippen molar-refractivity contribution in [3.05, 3.63) is 18.3 Å². The van der Waals surface area contributed by atoms with Gasteiger partial charge in [-0.05, 0) is 26.1 Å². The molecule has 4 nitrogen and oxygen atoms in total. The molecule has 0 aliphatic carbocycles. The number of hydrogen-bond donors (Lipinski definition) is 2.